The molecule has 2 heterocycles. The van der Waals surface area contributed by atoms with Gasteiger partial charge in [-0.3, -0.25) is 0 Å². The first-order valence-corrected chi connectivity index (χ1v) is 6.30. The molecule has 112 valence electrons. The number of likely N-dealkylation sites (N-methyl/N-ethyl adjacent to an activating group) is 1. The van der Waals surface area contributed by atoms with Gasteiger partial charge in [0.15, 0.2) is 2.82 Å². The number of fused-ring (bicyclic) bond motifs is 1. The first-order valence-electron chi connectivity index (χ1n) is 12.2. The fourth-order valence-corrected chi connectivity index (χ4v) is 1.97. The summed E-state index contributed by atoms with van der Waals surface area (Å²) in [4.78, 5) is 13.3. The van der Waals surface area contributed by atoms with Gasteiger partial charge in [0.05, 0.1) is 15.6 Å². The van der Waals surface area contributed by atoms with Crippen LogP contribution in [-0.2, 0) is 17.6 Å². The number of cyclic esters (lactones) is 1. The van der Waals surface area contributed by atoms with Crippen LogP contribution >= 0.6 is 0 Å². The molecule has 1 atom stereocenters. The van der Waals surface area contributed by atoms with Crippen LogP contribution in [0.5, 0.6) is 0 Å². The van der Waals surface area contributed by atoms with E-state index in [2.05, 4.69) is 4.74 Å². The number of hydrogen-bond donors (Lipinski definition) is 2. The topological polar surface area (TPSA) is 57.4 Å². The highest BCUT2D eigenvalue weighted by Crippen LogP contribution is 2.21. The molecule has 2 N–H and O–H groups in total. The van der Waals surface area contributed by atoms with Crippen LogP contribution in [0.3, 0.4) is 0 Å². The molecule has 5 nitrogen and oxygen atoms in total. The quantitative estimate of drug-likeness (QED) is 0.887. The van der Waals surface area contributed by atoms with E-state index in [1.807, 2.05) is 0 Å². The van der Waals surface area contributed by atoms with Gasteiger partial charge < -0.3 is 19.9 Å². The molecule has 1 aliphatic heterocycles. The smallest absolute Gasteiger partial charge is 0.407 e. The van der Waals surface area contributed by atoms with E-state index in [1.165, 1.54) is 7.05 Å². The molecular formula is C16H21N3O2. The van der Waals surface area contributed by atoms with Gasteiger partial charge in [0.1, 0.15) is 6.56 Å². The Morgan fingerprint density at radius 1 is 1.71 bits per heavy atom. The second kappa shape index (κ2) is 5.77. The number of rotatable bonds is 5. The minimum Gasteiger partial charge on any atom is -0.447 e. The molecule has 0 saturated carbocycles. The lowest BCUT2D eigenvalue weighted by atomic mass is 10.0. The van der Waals surface area contributed by atoms with Crippen molar-refractivity contribution in [3.8, 4) is 0 Å². The number of hydrogen-bond acceptors (Lipinski definition) is 3. The van der Waals surface area contributed by atoms with Crippen LogP contribution in [0.1, 0.15) is 24.8 Å². The highest BCUT2D eigenvalue weighted by Gasteiger charge is 2.22. The van der Waals surface area contributed by atoms with Crippen molar-refractivity contribution >= 4 is 17.0 Å². The van der Waals surface area contributed by atoms with Crippen molar-refractivity contribution in [2.75, 3.05) is 27.1 Å². The van der Waals surface area contributed by atoms with E-state index in [1.54, 1.807) is 0 Å². The summed E-state index contributed by atoms with van der Waals surface area (Å²) in [7, 11) is 1.34. The maximum Gasteiger partial charge on any atom is 0.407 e. The Balaban J connectivity index is 2.18. The van der Waals surface area contributed by atoms with Crippen LogP contribution in [0.2, 0.25) is 2.82 Å². The van der Waals surface area contributed by atoms with Gasteiger partial charge in [-0.2, -0.15) is 0 Å². The summed E-state index contributed by atoms with van der Waals surface area (Å²) in [6, 6.07) is -4.29. The van der Waals surface area contributed by atoms with Crippen LogP contribution in [0, 0.1) is 0 Å². The number of amides is 1. The molecule has 0 unspecified atom stereocenters. The van der Waals surface area contributed by atoms with Crippen molar-refractivity contribution in [2.45, 2.75) is 18.9 Å². The molecule has 1 saturated heterocycles. The molecular weight excluding hydrogens is 266 g/mol. The van der Waals surface area contributed by atoms with E-state index in [0.29, 0.717) is 4.98 Å². The third kappa shape index (κ3) is 3.19. The third-order valence-corrected chi connectivity index (χ3v) is 2.97. The van der Waals surface area contributed by atoms with Crippen molar-refractivity contribution in [3.63, 3.8) is 0 Å². The highest BCUT2D eigenvalue weighted by molar-refractivity contribution is 5.84. The molecule has 0 radical (unpaired) electrons. The molecule has 21 heavy (non-hydrogen) atoms. The predicted octanol–water partition coefficient (Wildman–Crippen LogP) is 1.92. The summed E-state index contributed by atoms with van der Waals surface area (Å²) < 4.78 is 100. The predicted molar refractivity (Wildman–Crippen MR) is 82.5 cm³/mol. The van der Waals surface area contributed by atoms with Crippen LogP contribution in [-0.4, -0.2) is 49.1 Å². The number of alkyl carbamates (subject to hydrolysis) is 1. The second-order valence-electron chi connectivity index (χ2n) is 4.66. The number of benzene rings is 1. The maximum atomic E-state index is 11.7. The summed E-state index contributed by atoms with van der Waals surface area (Å²) in [6.07, 6.45) is -2.73. The minimum absolute atomic E-state index is 0.0303. The molecule has 5 heteroatoms. The number of H-pyrrole nitrogens is 1. The lowest BCUT2D eigenvalue weighted by molar-refractivity contribution is 0.177. The molecule has 1 aromatic carbocycles. The Labute approximate surface area is 141 Å². The van der Waals surface area contributed by atoms with Gasteiger partial charge in [-0.25, -0.2) is 4.79 Å². The lowest BCUT2D eigenvalue weighted by Gasteiger charge is -2.09. The third-order valence-electron chi connectivity index (χ3n) is 2.97. The minimum atomic E-state index is -2.95. The molecule has 1 fully saturated rings. The van der Waals surface area contributed by atoms with Crippen molar-refractivity contribution < 1.29 is 26.1 Å². The van der Waals surface area contributed by atoms with Gasteiger partial charge in [-0.15, -0.1) is 0 Å². The summed E-state index contributed by atoms with van der Waals surface area (Å²) in [5.74, 6) is 0. The second-order valence-corrected chi connectivity index (χ2v) is 4.66. The van der Waals surface area contributed by atoms with Crippen molar-refractivity contribution in [2.24, 2.45) is 0 Å². The summed E-state index contributed by atoms with van der Waals surface area (Å²) in [5, 5.41) is -0.104. The van der Waals surface area contributed by atoms with Crippen LogP contribution in [0.15, 0.2) is 24.3 Å². The number of nitrogens with zero attached hydrogens (tertiary/aromatic N) is 1. The number of carbonyl (C=O) groups excluding carboxylic acids is 1. The van der Waals surface area contributed by atoms with E-state index < -0.39 is 56.4 Å². The molecule has 0 spiro atoms. The Bertz CT molecular complexity index is 1130. The zero-order valence-electron chi connectivity index (χ0n) is 23.3. The number of aromatic amines is 1. The zero-order valence-corrected chi connectivity index (χ0v) is 11.3. The Kier molecular flexibility index (Phi) is 1.55. The van der Waals surface area contributed by atoms with E-state index in [0.717, 1.165) is 4.90 Å². The van der Waals surface area contributed by atoms with Crippen molar-refractivity contribution in [1.29, 1.82) is 0 Å². The molecule has 0 bridgehead atoms. The number of nitrogens with one attached hydrogen (secondary N) is 2. The zero-order chi connectivity index (χ0) is 25.3. The Morgan fingerprint density at radius 3 is 3.38 bits per heavy atom. The average Bonchev–Trinajstić information content (AvgIpc) is 3.04. The first kappa shape index (κ1) is 5.65. The fourth-order valence-electron chi connectivity index (χ4n) is 1.97. The van der Waals surface area contributed by atoms with Crippen LogP contribution < -0.4 is 5.31 Å². The fraction of sp³-hybridized carbons (Fsp3) is 0.438. The SMILES string of the molecule is [2H]c1c(C[C@]2([2H])N([2H])C(=O)OC2([2H])[2H])c([2H])c2c(CCN(C)C([2H])([2H])[2H])c([2H])n([2H])c2c1[2H]. The standard InChI is InChI=1S/C16H21N3O2/c1-19(2)6-5-12-9-17-15-4-3-11(8-14(12)15)7-13-10-21-16(20)18-13/h3-4,8-9,13,17H,5-7,10H2,1-2H3,(H,18,20)/t13-/m0/s1/i1D3,3D,4D,8D,9D,10D2,13D/hD2. The summed E-state index contributed by atoms with van der Waals surface area (Å²) >= 11 is 0. The Hall–Kier alpha value is -2.01. The van der Waals surface area contributed by atoms with Crippen molar-refractivity contribution in [3.05, 3.63) is 35.4 Å². The van der Waals surface area contributed by atoms with Gasteiger partial charge in [0, 0.05) is 27.7 Å². The normalized spacial score (nSPS) is 33.4. The molecule has 0 aliphatic carbocycles. The average molecular weight is 299 g/mol. The van der Waals surface area contributed by atoms with E-state index in [4.69, 9.17) is 16.5 Å². The molecule has 3 rings (SSSR count). The molecule has 1 aliphatic rings. The van der Waals surface area contributed by atoms with E-state index in [9.17, 15) is 4.79 Å². The molecule has 1 aromatic heterocycles. The Morgan fingerprint density at radius 2 is 2.62 bits per heavy atom. The molecule has 1 amide bonds. The largest absolute Gasteiger partial charge is 0.447 e. The van der Waals surface area contributed by atoms with Gasteiger partial charge in [0.25, 0.3) is 0 Å². The van der Waals surface area contributed by atoms with Gasteiger partial charge in [0.2, 0.25) is 0 Å². The van der Waals surface area contributed by atoms with Crippen LogP contribution in [0.4, 0.5) is 4.79 Å². The monoisotopic (exact) mass is 299 g/mol. The number of aromatic nitrogens is 1. The van der Waals surface area contributed by atoms with E-state index >= 15 is 0 Å². The maximum absolute atomic E-state index is 11.7. The van der Waals surface area contributed by atoms with Crippen LogP contribution in [0.25, 0.3) is 10.9 Å². The highest BCUT2D eigenvalue weighted by atomic mass is 16.6. The van der Waals surface area contributed by atoms with Crippen molar-refractivity contribution in [1.82, 2.24) is 15.2 Å². The van der Waals surface area contributed by atoms with Gasteiger partial charge in [-0.05, 0) is 50.1 Å². The first-order chi connectivity index (χ1) is 15.0. The number of ether oxygens (including phenoxy) is 1. The van der Waals surface area contributed by atoms with E-state index in [-0.39, 0.29) is 40.3 Å². The summed E-state index contributed by atoms with van der Waals surface area (Å²) in [5.41, 5.74) is -0.480. The summed E-state index contributed by atoms with van der Waals surface area (Å²) in [6.45, 7) is -5.43. The van der Waals surface area contributed by atoms with Gasteiger partial charge >= 0.3 is 6.09 Å². The lowest BCUT2D eigenvalue weighted by Crippen LogP contribution is -2.28. The van der Waals surface area contributed by atoms with Gasteiger partial charge in [-0.1, -0.05) is 6.04 Å². The number of carbonyl (C=O) groups is 1. The molecule has 2 aromatic rings.